The van der Waals surface area contributed by atoms with Gasteiger partial charge in [-0.25, -0.2) is 4.90 Å². The van der Waals surface area contributed by atoms with Crippen LogP contribution in [0.5, 0.6) is 5.75 Å². The highest BCUT2D eigenvalue weighted by molar-refractivity contribution is 8.04. The van der Waals surface area contributed by atoms with E-state index in [1.807, 2.05) is 69.3 Å². The summed E-state index contributed by atoms with van der Waals surface area (Å²) < 4.78 is 5.49. The van der Waals surface area contributed by atoms with E-state index in [0.717, 1.165) is 21.7 Å². The standard InChI is InChI=1S/C26H24N2O3S/c1-4-31-20-15-13-19(14-16-20)28-25(29)23(27-22-12-8-9-17(2)18(22)3)24(26(28)30)32-21-10-6-5-7-11-21/h5-16,27H,4H2,1-3H3. The highest BCUT2D eigenvalue weighted by Crippen LogP contribution is 2.38. The van der Waals surface area contributed by atoms with Gasteiger partial charge in [-0.3, -0.25) is 9.59 Å². The molecule has 1 N–H and O–H groups in total. The number of nitrogens with one attached hydrogen (secondary N) is 1. The van der Waals surface area contributed by atoms with Gasteiger partial charge in [-0.2, -0.15) is 0 Å². The van der Waals surface area contributed by atoms with Gasteiger partial charge in [0.25, 0.3) is 11.8 Å². The first kappa shape index (κ1) is 21.7. The van der Waals surface area contributed by atoms with Crippen molar-refractivity contribution in [2.75, 3.05) is 16.8 Å². The Kier molecular flexibility index (Phi) is 6.32. The summed E-state index contributed by atoms with van der Waals surface area (Å²) >= 11 is 1.29. The number of carbonyl (C=O) groups excluding carboxylic acids is 2. The third kappa shape index (κ3) is 4.27. The van der Waals surface area contributed by atoms with E-state index < -0.39 is 0 Å². The predicted octanol–water partition coefficient (Wildman–Crippen LogP) is 5.69. The molecule has 0 saturated heterocycles. The zero-order valence-electron chi connectivity index (χ0n) is 18.2. The number of hydrogen-bond donors (Lipinski definition) is 1. The molecule has 0 fully saturated rings. The Morgan fingerprint density at radius 1 is 0.875 bits per heavy atom. The lowest BCUT2D eigenvalue weighted by Gasteiger charge is -2.16. The minimum absolute atomic E-state index is 0.284. The van der Waals surface area contributed by atoms with E-state index in [1.165, 1.54) is 16.7 Å². The zero-order valence-corrected chi connectivity index (χ0v) is 19.0. The molecule has 3 aromatic rings. The summed E-state index contributed by atoms with van der Waals surface area (Å²) in [6.45, 7) is 6.46. The molecular weight excluding hydrogens is 420 g/mol. The first-order chi connectivity index (χ1) is 15.5. The van der Waals surface area contributed by atoms with Crippen molar-refractivity contribution in [2.45, 2.75) is 25.7 Å². The molecule has 0 aliphatic carbocycles. The number of anilines is 2. The topological polar surface area (TPSA) is 58.6 Å². The van der Waals surface area contributed by atoms with Crippen LogP contribution in [0.1, 0.15) is 18.1 Å². The van der Waals surface area contributed by atoms with Crippen LogP contribution in [-0.4, -0.2) is 18.4 Å². The molecule has 1 heterocycles. The van der Waals surface area contributed by atoms with Crippen LogP contribution in [0, 0.1) is 13.8 Å². The Morgan fingerprint density at radius 3 is 2.28 bits per heavy atom. The molecule has 0 radical (unpaired) electrons. The SMILES string of the molecule is CCOc1ccc(N2C(=O)C(Nc3cccc(C)c3C)=C(Sc3ccccc3)C2=O)cc1. The van der Waals surface area contributed by atoms with Crippen LogP contribution in [0.2, 0.25) is 0 Å². The van der Waals surface area contributed by atoms with Gasteiger partial charge in [0, 0.05) is 10.6 Å². The highest BCUT2D eigenvalue weighted by atomic mass is 32.2. The van der Waals surface area contributed by atoms with E-state index in [4.69, 9.17) is 4.74 Å². The molecule has 6 heteroatoms. The molecule has 1 aliphatic heterocycles. The van der Waals surface area contributed by atoms with Gasteiger partial charge in [0.05, 0.1) is 12.3 Å². The predicted molar refractivity (Wildman–Crippen MR) is 129 cm³/mol. The van der Waals surface area contributed by atoms with Crippen molar-refractivity contribution >= 4 is 35.0 Å². The highest BCUT2D eigenvalue weighted by Gasteiger charge is 2.40. The minimum atomic E-state index is -0.376. The molecule has 162 valence electrons. The van der Waals surface area contributed by atoms with Crippen molar-refractivity contribution in [3.05, 3.63) is 94.5 Å². The van der Waals surface area contributed by atoms with E-state index in [2.05, 4.69) is 5.32 Å². The smallest absolute Gasteiger partial charge is 0.283 e. The number of aryl methyl sites for hydroxylation is 1. The van der Waals surface area contributed by atoms with Gasteiger partial charge in [-0.05, 0) is 74.4 Å². The molecular formula is C26H24N2O3S. The fourth-order valence-corrected chi connectivity index (χ4v) is 4.38. The third-order valence-electron chi connectivity index (χ3n) is 5.27. The van der Waals surface area contributed by atoms with Crippen molar-refractivity contribution in [1.82, 2.24) is 0 Å². The summed E-state index contributed by atoms with van der Waals surface area (Å²) in [6.07, 6.45) is 0. The monoisotopic (exact) mass is 444 g/mol. The maximum Gasteiger partial charge on any atom is 0.283 e. The number of rotatable bonds is 7. The van der Waals surface area contributed by atoms with Gasteiger partial charge in [0.1, 0.15) is 16.4 Å². The Hall–Kier alpha value is -3.51. The average Bonchev–Trinajstić information content (AvgIpc) is 3.02. The second-order valence-electron chi connectivity index (χ2n) is 7.36. The Bertz CT molecular complexity index is 1190. The number of hydrogen-bond acceptors (Lipinski definition) is 5. The maximum absolute atomic E-state index is 13.5. The van der Waals surface area contributed by atoms with Crippen LogP contribution in [0.3, 0.4) is 0 Å². The van der Waals surface area contributed by atoms with Gasteiger partial charge in [0.15, 0.2) is 0 Å². The number of ether oxygens (including phenoxy) is 1. The third-order valence-corrected chi connectivity index (χ3v) is 6.37. The van der Waals surface area contributed by atoms with E-state index in [-0.39, 0.29) is 17.5 Å². The van der Waals surface area contributed by atoms with E-state index in [1.54, 1.807) is 24.3 Å². The fourth-order valence-electron chi connectivity index (χ4n) is 3.43. The number of nitrogens with zero attached hydrogens (tertiary/aromatic N) is 1. The molecule has 32 heavy (non-hydrogen) atoms. The fraction of sp³-hybridized carbons (Fsp3) is 0.154. The van der Waals surface area contributed by atoms with Crippen LogP contribution >= 0.6 is 11.8 Å². The number of imide groups is 1. The zero-order chi connectivity index (χ0) is 22.7. The van der Waals surface area contributed by atoms with Crippen molar-refractivity contribution in [3.8, 4) is 5.75 Å². The summed E-state index contributed by atoms with van der Waals surface area (Å²) in [5.41, 5.74) is 3.73. The quantitative estimate of drug-likeness (QED) is 0.474. The van der Waals surface area contributed by atoms with Crippen LogP contribution in [0.4, 0.5) is 11.4 Å². The summed E-state index contributed by atoms with van der Waals surface area (Å²) in [7, 11) is 0. The summed E-state index contributed by atoms with van der Waals surface area (Å²) in [6, 6.07) is 22.4. The number of carbonyl (C=O) groups is 2. The summed E-state index contributed by atoms with van der Waals surface area (Å²) in [5.74, 6) is -0.0322. The second-order valence-corrected chi connectivity index (χ2v) is 8.45. The molecule has 0 aromatic heterocycles. The summed E-state index contributed by atoms with van der Waals surface area (Å²) in [4.78, 5) is 29.4. The lowest BCUT2D eigenvalue weighted by atomic mass is 10.1. The molecule has 0 unspecified atom stereocenters. The van der Waals surface area contributed by atoms with Gasteiger partial charge in [-0.15, -0.1) is 0 Å². The molecule has 1 aliphatic rings. The van der Waals surface area contributed by atoms with Crippen molar-refractivity contribution in [1.29, 1.82) is 0 Å². The molecule has 0 bridgehead atoms. The Balaban J connectivity index is 1.73. The van der Waals surface area contributed by atoms with Crippen LogP contribution < -0.4 is 15.0 Å². The molecule has 3 aromatic carbocycles. The number of amides is 2. The van der Waals surface area contributed by atoms with Crippen LogP contribution in [0.15, 0.2) is 88.3 Å². The van der Waals surface area contributed by atoms with Gasteiger partial charge >= 0.3 is 0 Å². The second kappa shape index (κ2) is 9.32. The molecule has 4 rings (SSSR count). The molecule has 0 saturated carbocycles. The largest absolute Gasteiger partial charge is 0.494 e. The summed E-state index contributed by atoms with van der Waals surface area (Å²) in [5, 5.41) is 3.25. The number of thioether (sulfide) groups is 1. The first-order valence-electron chi connectivity index (χ1n) is 10.4. The van der Waals surface area contributed by atoms with E-state index >= 15 is 0 Å². The molecule has 0 atom stereocenters. The average molecular weight is 445 g/mol. The molecule has 2 amide bonds. The van der Waals surface area contributed by atoms with Crippen LogP contribution in [-0.2, 0) is 9.59 Å². The Labute approximate surface area is 192 Å². The van der Waals surface area contributed by atoms with Gasteiger partial charge in [-0.1, -0.05) is 42.1 Å². The van der Waals surface area contributed by atoms with E-state index in [9.17, 15) is 9.59 Å². The minimum Gasteiger partial charge on any atom is -0.494 e. The lowest BCUT2D eigenvalue weighted by molar-refractivity contribution is -0.120. The van der Waals surface area contributed by atoms with Crippen molar-refractivity contribution < 1.29 is 14.3 Å². The maximum atomic E-state index is 13.5. The van der Waals surface area contributed by atoms with Crippen molar-refractivity contribution in [3.63, 3.8) is 0 Å². The lowest BCUT2D eigenvalue weighted by Crippen LogP contribution is -2.32. The molecule has 0 spiro atoms. The first-order valence-corrected chi connectivity index (χ1v) is 11.2. The van der Waals surface area contributed by atoms with E-state index in [0.29, 0.717) is 22.9 Å². The van der Waals surface area contributed by atoms with Gasteiger partial charge < -0.3 is 10.1 Å². The van der Waals surface area contributed by atoms with Crippen molar-refractivity contribution in [2.24, 2.45) is 0 Å². The number of benzene rings is 3. The Morgan fingerprint density at radius 2 is 1.59 bits per heavy atom. The molecule has 5 nitrogen and oxygen atoms in total. The normalized spacial score (nSPS) is 13.7. The van der Waals surface area contributed by atoms with Crippen LogP contribution in [0.25, 0.3) is 0 Å². The van der Waals surface area contributed by atoms with Gasteiger partial charge in [0.2, 0.25) is 0 Å².